The third-order valence-electron chi connectivity index (χ3n) is 2.72. The summed E-state index contributed by atoms with van der Waals surface area (Å²) in [5.74, 6) is -0.722. The Bertz CT molecular complexity index is 531. The van der Waals surface area contributed by atoms with Crippen LogP contribution in [0.15, 0.2) is 41.1 Å². The summed E-state index contributed by atoms with van der Waals surface area (Å²) in [5.41, 5.74) is -3.02. The van der Waals surface area contributed by atoms with Crippen LogP contribution in [0.2, 0.25) is 0 Å². The number of ether oxygens (including phenoxy) is 1. The molecule has 0 aromatic heterocycles. The Hall–Kier alpha value is -1.54. The molecular formula is C14H15BrF3NO3. The van der Waals surface area contributed by atoms with Gasteiger partial charge in [-0.1, -0.05) is 15.9 Å². The molecule has 1 atom stereocenters. The number of nitrogens with one attached hydrogen (secondary N) is 1. The number of amides is 1. The first-order valence-electron chi connectivity index (χ1n) is 6.32. The standard InChI is InChI=1S/C14H15BrF3NO3/c1-2-22-8-7-13(21,14(16,17)18)9-19-12(20)10-3-5-11(15)6-4-10/h3-8,21H,2,9H2,1H3,(H,19,20). The van der Waals surface area contributed by atoms with E-state index in [-0.39, 0.29) is 12.2 Å². The predicted octanol–water partition coefficient (Wildman–Crippen LogP) is 3.02. The largest absolute Gasteiger partial charge is 0.502 e. The molecule has 0 bridgehead atoms. The van der Waals surface area contributed by atoms with Crippen LogP contribution in [-0.4, -0.2) is 35.9 Å². The van der Waals surface area contributed by atoms with Gasteiger partial charge >= 0.3 is 6.18 Å². The van der Waals surface area contributed by atoms with Crippen molar-refractivity contribution in [1.82, 2.24) is 5.32 Å². The fourth-order valence-corrected chi connectivity index (χ4v) is 1.69. The number of halogens is 4. The van der Waals surface area contributed by atoms with E-state index in [1.807, 2.05) is 0 Å². The molecule has 0 aliphatic rings. The highest BCUT2D eigenvalue weighted by Gasteiger charge is 2.52. The number of carbonyl (C=O) groups excluding carboxylic acids is 1. The minimum Gasteiger partial charge on any atom is -0.502 e. The van der Waals surface area contributed by atoms with E-state index in [4.69, 9.17) is 0 Å². The van der Waals surface area contributed by atoms with Crippen LogP contribution < -0.4 is 5.32 Å². The molecule has 0 aliphatic carbocycles. The summed E-state index contributed by atoms with van der Waals surface area (Å²) in [4.78, 5) is 11.8. The minimum absolute atomic E-state index is 0.162. The second kappa shape index (κ2) is 7.64. The topological polar surface area (TPSA) is 58.6 Å². The van der Waals surface area contributed by atoms with Crippen molar-refractivity contribution < 1.29 is 27.8 Å². The lowest BCUT2D eigenvalue weighted by atomic mass is 10.0. The maximum atomic E-state index is 12.9. The van der Waals surface area contributed by atoms with Crippen LogP contribution in [-0.2, 0) is 4.74 Å². The molecule has 1 aromatic rings. The third-order valence-corrected chi connectivity index (χ3v) is 3.25. The Morgan fingerprint density at radius 1 is 1.36 bits per heavy atom. The van der Waals surface area contributed by atoms with Crippen LogP contribution in [0.4, 0.5) is 13.2 Å². The second-order valence-corrected chi connectivity index (χ2v) is 5.29. The molecule has 0 fully saturated rings. The molecule has 122 valence electrons. The average Bonchev–Trinajstić information content (AvgIpc) is 2.44. The number of rotatable bonds is 6. The quantitative estimate of drug-likeness (QED) is 0.744. The van der Waals surface area contributed by atoms with Crippen molar-refractivity contribution in [2.75, 3.05) is 13.2 Å². The summed E-state index contributed by atoms with van der Waals surface area (Å²) >= 11 is 3.18. The summed E-state index contributed by atoms with van der Waals surface area (Å²) in [6.07, 6.45) is -3.72. The lowest BCUT2D eigenvalue weighted by Gasteiger charge is -2.27. The van der Waals surface area contributed by atoms with Gasteiger partial charge in [0.25, 0.3) is 5.91 Å². The van der Waals surface area contributed by atoms with Gasteiger partial charge in [-0.05, 0) is 37.3 Å². The molecule has 0 spiro atoms. The van der Waals surface area contributed by atoms with Crippen molar-refractivity contribution in [2.45, 2.75) is 18.7 Å². The van der Waals surface area contributed by atoms with Gasteiger partial charge < -0.3 is 15.2 Å². The summed E-state index contributed by atoms with van der Waals surface area (Å²) in [6.45, 7) is 0.733. The summed E-state index contributed by atoms with van der Waals surface area (Å²) < 4.78 is 44.2. The number of hydrogen-bond acceptors (Lipinski definition) is 3. The number of carbonyl (C=O) groups is 1. The molecule has 0 aliphatic heterocycles. The second-order valence-electron chi connectivity index (χ2n) is 4.37. The van der Waals surface area contributed by atoms with Gasteiger partial charge in [-0.3, -0.25) is 4.79 Å². The van der Waals surface area contributed by atoms with E-state index in [0.717, 1.165) is 10.7 Å². The van der Waals surface area contributed by atoms with Gasteiger partial charge in [0.15, 0.2) is 5.60 Å². The molecule has 2 N–H and O–H groups in total. The smallest absolute Gasteiger partial charge is 0.422 e. The Kier molecular flexibility index (Phi) is 6.43. The molecule has 8 heteroatoms. The highest BCUT2D eigenvalue weighted by molar-refractivity contribution is 9.10. The maximum absolute atomic E-state index is 12.9. The monoisotopic (exact) mass is 381 g/mol. The van der Waals surface area contributed by atoms with Crippen LogP contribution in [0, 0.1) is 0 Å². The van der Waals surface area contributed by atoms with Gasteiger partial charge in [-0.2, -0.15) is 13.2 Å². The van der Waals surface area contributed by atoms with Crippen LogP contribution >= 0.6 is 15.9 Å². The third kappa shape index (κ3) is 5.03. The van der Waals surface area contributed by atoms with Gasteiger partial charge in [0.2, 0.25) is 0 Å². The number of alkyl halides is 3. The van der Waals surface area contributed by atoms with E-state index in [9.17, 15) is 23.1 Å². The fourth-order valence-electron chi connectivity index (χ4n) is 1.43. The summed E-state index contributed by atoms with van der Waals surface area (Å²) in [5, 5.41) is 11.8. The normalized spacial score (nSPS) is 14.6. The predicted molar refractivity (Wildman–Crippen MR) is 78.2 cm³/mol. The van der Waals surface area contributed by atoms with Crippen LogP contribution in [0.3, 0.4) is 0 Å². The molecular weight excluding hydrogens is 367 g/mol. The first-order valence-corrected chi connectivity index (χ1v) is 7.11. The van der Waals surface area contributed by atoms with Gasteiger partial charge in [0, 0.05) is 10.0 Å². The lowest BCUT2D eigenvalue weighted by Crippen LogP contribution is -2.52. The van der Waals surface area contributed by atoms with Crippen molar-refractivity contribution in [3.8, 4) is 0 Å². The SMILES string of the molecule is CCOC=CC(O)(CNC(=O)c1ccc(Br)cc1)C(F)(F)F. The van der Waals surface area contributed by atoms with Crippen LogP contribution in [0.25, 0.3) is 0 Å². The van der Waals surface area contributed by atoms with E-state index in [1.165, 1.54) is 12.1 Å². The van der Waals surface area contributed by atoms with E-state index in [2.05, 4.69) is 26.0 Å². The van der Waals surface area contributed by atoms with Gasteiger partial charge in [0.1, 0.15) is 0 Å². The van der Waals surface area contributed by atoms with Crippen molar-refractivity contribution in [3.63, 3.8) is 0 Å². The Morgan fingerprint density at radius 3 is 2.45 bits per heavy atom. The summed E-state index contributed by atoms with van der Waals surface area (Å²) in [7, 11) is 0. The molecule has 0 radical (unpaired) electrons. The Labute approximate surface area is 134 Å². The highest BCUT2D eigenvalue weighted by atomic mass is 79.9. The molecule has 0 saturated heterocycles. The van der Waals surface area contributed by atoms with Gasteiger partial charge in [0.05, 0.1) is 19.4 Å². The molecule has 1 rings (SSSR count). The average molecular weight is 382 g/mol. The zero-order chi connectivity index (χ0) is 16.8. The van der Waals surface area contributed by atoms with Crippen molar-refractivity contribution >= 4 is 21.8 Å². The molecule has 22 heavy (non-hydrogen) atoms. The number of hydrogen-bond donors (Lipinski definition) is 2. The zero-order valence-electron chi connectivity index (χ0n) is 11.7. The van der Waals surface area contributed by atoms with Crippen molar-refractivity contribution in [2.24, 2.45) is 0 Å². The van der Waals surface area contributed by atoms with Crippen LogP contribution in [0.1, 0.15) is 17.3 Å². The van der Waals surface area contributed by atoms with E-state index in [0.29, 0.717) is 6.08 Å². The van der Waals surface area contributed by atoms with Crippen LogP contribution in [0.5, 0.6) is 0 Å². The van der Waals surface area contributed by atoms with Gasteiger partial charge in [-0.25, -0.2) is 0 Å². The lowest BCUT2D eigenvalue weighted by molar-refractivity contribution is -0.237. The van der Waals surface area contributed by atoms with Crippen molar-refractivity contribution in [1.29, 1.82) is 0 Å². The number of aliphatic hydroxyl groups is 1. The minimum atomic E-state index is -4.95. The molecule has 0 heterocycles. The number of benzene rings is 1. The first-order chi connectivity index (χ1) is 10.2. The molecule has 0 saturated carbocycles. The van der Waals surface area contributed by atoms with Gasteiger partial charge in [-0.15, -0.1) is 0 Å². The van der Waals surface area contributed by atoms with E-state index >= 15 is 0 Å². The Balaban J connectivity index is 2.79. The molecule has 1 aromatic carbocycles. The first kappa shape index (κ1) is 18.5. The zero-order valence-corrected chi connectivity index (χ0v) is 13.2. The van der Waals surface area contributed by atoms with E-state index in [1.54, 1.807) is 19.1 Å². The molecule has 1 unspecified atom stereocenters. The van der Waals surface area contributed by atoms with E-state index < -0.39 is 24.2 Å². The van der Waals surface area contributed by atoms with Crippen molar-refractivity contribution in [3.05, 3.63) is 46.6 Å². The highest BCUT2D eigenvalue weighted by Crippen LogP contribution is 2.31. The molecule has 1 amide bonds. The maximum Gasteiger partial charge on any atom is 0.422 e. The Morgan fingerprint density at radius 2 is 1.95 bits per heavy atom. The summed E-state index contributed by atoms with van der Waals surface area (Å²) in [6, 6.07) is 6.06. The molecule has 4 nitrogen and oxygen atoms in total. The fraction of sp³-hybridized carbons (Fsp3) is 0.357.